The molecule has 0 aromatic heterocycles. The summed E-state index contributed by atoms with van der Waals surface area (Å²) in [4.78, 5) is 46.0. The zero-order valence-corrected chi connectivity index (χ0v) is 34.5. The molecule has 0 unspecified atom stereocenters. The average molecular weight is 885 g/mol. The van der Waals surface area contributed by atoms with Crippen molar-refractivity contribution in [2.45, 2.75) is 23.2 Å². The molecule has 7 aromatic carbocycles. The maximum absolute atomic E-state index is 14.1. The molecular weight excluding hydrogens is 853 g/mol. The lowest BCUT2D eigenvalue weighted by Gasteiger charge is -2.30. The molecule has 60 heavy (non-hydrogen) atoms. The minimum atomic E-state index is -4.98. The number of halogens is 3. The predicted molar refractivity (Wildman–Crippen MR) is 230 cm³/mol. The molecule has 0 spiro atoms. The predicted octanol–water partition coefficient (Wildman–Crippen LogP) is 10.1. The normalized spacial score (nSPS) is 13.2. The zero-order valence-electron chi connectivity index (χ0n) is 31.4. The van der Waals surface area contributed by atoms with E-state index >= 15 is 0 Å². The van der Waals surface area contributed by atoms with Crippen molar-refractivity contribution in [2.75, 3.05) is 13.7 Å². The summed E-state index contributed by atoms with van der Waals surface area (Å²) in [7, 11) is -3.76. The Morgan fingerprint density at radius 3 is 1.53 bits per heavy atom. The van der Waals surface area contributed by atoms with E-state index in [-0.39, 0.29) is 31.8 Å². The molecule has 0 aliphatic rings. The van der Waals surface area contributed by atoms with Crippen molar-refractivity contribution in [2.24, 2.45) is 5.16 Å². The molecule has 7 aromatic rings. The summed E-state index contributed by atoms with van der Waals surface area (Å²) in [5.41, 5.74) is 0.261. The van der Waals surface area contributed by atoms with Gasteiger partial charge in [-0.05, 0) is 80.8 Å². The van der Waals surface area contributed by atoms with Crippen LogP contribution < -0.4 is 0 Å². The highest BCUT2D eigenvalue weighted by atomic mass is 35.5. The molecule has 0 aliphatic heterocycles. The Morgan fingerprint density at radius 1 is 0.583 bits per heavy atom. The molecule has 15 heteroatoms. The van der Waals surface area contributed by atoms with Gasteiger partial charge in [0.2, 0.25) is 0 Å². The van der Waals surface area contributed by atoms with Gasteiger partial charge in [-0.1, -0.05) is 131 Å². The first kappa shape index (κ1) is 42.1. The van der Waals surface area contributed by atoms with Crippen molar-refractivity contribution in [1.82, 2.24) is 0 Å². The van der Waals surface area contributed by atoms with Crippen LogP contribution in [-0.2, 0) is 33.3 Å². The first-order valence-electron chi connectivity index (χ1n) is 18.1. The third-order valence-corrected chi connectivity index (χ3v) is 11.8. The number of nitrogens with zero attached hydrogens (tertiary/aromatic N) is 1. The quantitative estimate of drug-likeness (QED) is 0.0259. The molecule has 0 heterocycles. The minimum absolute atomic E-state index is 0.0416. The number of hydrogen-bond donors (Lipinski definition) is 0. The fourth-order valence-electron chi connectivity index (χ4n) is 6.32. The highest BCUT2D eigenvalue weighted by molar-refractivity contribution is 7.87. The second kappa shape index (κ2) is 18.5. The molecule has 7 rings (SSSR count). The van der Waals surface area contributed by atoms with Crippen LogP contribution in [-0.4, -0.2) is 64.6 Å². The second-order valence-corrected chi connectivity index (χ2v) is 16.0. The van der Waals surface area contributed by atoms with Crippen LogP contribution in [0.1, 0.15) is 31.1 Å². The highest BCUT2D eigenvalue weighted by Crippen LogP contribution is 2.34. The third-order valence-electron chi connectivity index (χ3n) is 9.32. The maximum Gasteiger partial charge on any atom is 0.338 e. The topological polar surface area (TPSA) is 144 Å². The highest BCUT2D eigenvalue weighted by Gasteiger charge is 2.41. The van der Waals surface area contributed by atoms with Crippen LogP contribution in [0.3, 0.4) is 0 Å². The Hall–Kier alpha value is -6.02. The number of rotatable bonds is 14. The number of esters is 3. The Morgan fingerprint density at radius 2 is 1.03 bits per heavy atom. The average Bonchev–Trinajstić information content (AvgIpc) is 3.26. The fourth-order valence-corrected chi connectivity index (χ4v) is 8.37. The monoisotopic (exact) mass is 883 g/mol. The Labute approximate surface area is 359 Å². The van der Waals surface area contributed by atoms with E-state index in [9.17, 15) is 22.8 Å². The van der Waals surface area contributed by atoms with E-state index in [2.05, 4.69) is 5.16 Å². The van der Waals surface area contributed by atoms with Crippen LogP contribution >= 0.6 is 34.8 Å². The van der Waals surface area contributed by atoms with Gasteiger partial charge < -0.3 is 19.0 Å². The Balaban J connectivity index is 1.31. The van der Waals surface area contributed by atoms with Gasteiger partial charge in [0.05, 0.1) is 38.0 Å². The lowest BCUT2D eigenvalue weighted by molar-refractivity contribution is -0.0685. The van der Waals surface area contributed by atoms with Crippen LogP contribution in [0.5, 0.6) is 0 Å². The van der Waals surface area contributed by atoms with E-state index in [1.54, 1.807) is 72.8 Å². The number of ether oxygens (including phenoxy) is 3. The lowest BCUT2D eigenvalue weighted by atomic mass is 10.1. The summed E-state index contributed by atoms with van der Waals surface area (Å²) >= 11 is 18.7. The fraction of sp³-hybridized carbons (Fsp3) is 0.111. The van der Waals surface area contributed by atoms with E-state index in [1.807, 2.05) is 36.4 Å². The van der Waals surface area contributed by atoms with Crippen molar-refractivity contribution in [3.63, 3.8) is 0 Å². The second-order valence-electron chi connectivity index (χ2n) is 13.2. The van der Waals surface area contributed by atoms with Gasteiger partial charge in [0.25, 0.3) is 10.1 Å². The van der Waals surface area contributed by atoms with Gasteiger partial charge >= 0.3 is 17.9 Å². The molecule has 0 aliphatic carbocycles. The van der Waals surface area contributed by atoms with Gasteiger partial charge in [0, 0.05) is 0 Å². The number of carbonyl (C=O) groups excluding carboxylic acids is 3. The summed E-state index contributed by atoms with van der Waals surface area (Å²) in [6.07, 6.45) is -4.62. The largest absolute Gasteiger partial charge is 0.459 e. The molecule has 0 saturated heterocycles. The Kier molecular flexibility index (Phi) is 13.0. The molecule has 0 amide bonds. The van der Waals surface area contributed by atoms with Crippen molar-refractivity contribution in [3.8, 4) is 0 Å². The van der Waals surface area contributed by atoms with Gasteiger partial charge in [-0.15, -0.1) is 0 Å². The Bertz CT molecular complexity index is 2910. The van der Waals surface area contributed by atoms with Crippen molar-refractivity contribution in [3.05, 3.63) is 171 Å². The van der Waals surface area contributed by atoms with E-state index in [0.717, 1.165) is 45.3 Å². The number of carbonyl (C=O) groups is 3. The van der Waals surface area contributed by atoms with E-state index in [4.69, 9.17) is 58.0 Å². The van der Waals surface area contributed by atoms with Crippen LogP contribution in [0.4, 0.5) is 0 Å². The van der Waals surface area contributed by atoms with Gasteiger partial charge in [-0.3, -0.25) is 4.18 Å². The summed E-state index contributed by atoms with van der Waals surface area (Å²) in [6, 6.07) is 38.4. The molecule has 304 valence electrons. The standard InChI is InChI=1S/C45H32Cl3NO10S/c1-55-49-25-39(57-44(51)34-18-15-28-9-3-6-12-31(28)21-34)42(58-45(52)35-19-16-29-10-4-7-13-32(29)22-35)40(59-60(53,54)41-24-37(47)36(46)23-38(41)48)26-56-43(50)33-17-14-27-8-2-5-11-30(27)20-33/h2-25,39-40,42H,26H2,1H3/t39-,40-,42+/m0/s1. The molecule has 11 nitrogen and oxygen atoms in total. The van der Waals surface area contributed by atoms with Gasteiger partial charge in [0.15, 0.2) is 18.3 Å². The summed E-state index contributed by atoms with van der Waals surface area (Å²) < 4.78 is 51.7. The van der Waals surface area contributed by atoms with Crippen LogP contribution in [0.2, 0.25) is 15.1 Å². The van der Waals surface area contributed by atoms with Crippen molar-refractivity contribution in [1.29, 1.82) is 0 Å². The number of oxime groups is 1. The lowest BCUT2D eigenvalue weighted by Crippen LogP contribution is -2.48. The van der Waals surface area contributed by atoms with E-state index < -0.39 is 57.8 Å². The van der Waals surface area contributed by atoms with Crippen molar-refractivity contribution >= 4 is 101 Å². The first-order valence-corrected chi connectivity index (χ1v) is 20.6. The van der Waals surface area contributed by atoms with Crippen molar-refractivity contribution < 1.29 is 46.0 Å². The molecule has 3 atom stereocenters. The zero-order chi connectivity index (χ0) is 42.4. The summed E-state index contributed by atoms with van der Waals surface area (Å²) in [5, 5.41) is 7.90. The third kappa shape index (κ3) is 9.71. The smallest absolute Gasteiger partial charge is 0.338 e. The van der Waals surface area contributed by atoms with Gasteiger partial charge in [-0.2, -0.15) is 8.42 Å². The summed E-state index contributed by atoms with van der Waals surface area (Å²) in [6.45, 7) is -0.885. The number of fused-ring (bicyclic) bond motifs is 3. The first-order chi connectivity index (χ1) is 28.9. The van der Waals surface area contributed by atoms with Crippen LogP contribution in [0.15, 0.2) is 150 Å². The SMILES string of the molecule is CON=C[C@H](OC(=O)c1ccc2ccccc2c1)[C@@H](OC(=O)c1ccc2ccccc2c1)[C@H](COC(=O)c1ccc2ccccc2c1)OS(=O)(=O)c1cc(Cl)c(Cl)cc1Cl. The van der Waals surface area contributed by atoms with Crippen LogP contribution in [0.25, 0.3) is 32.3 Å². The molecule has 0 fully saturated rings. The molecule has 0 N–H and O–H groups in total. The molecule has 0 saturated carbocycles. The number of hydrogen-bond acceptors (Lipinski definition) is 11. The molecule has 0 radical (unpaired) electrons. The van der Waals surface area contributed by atoms with Crippen LogP contribution in [0, 0.1) is 0 Å². The van der Waals surface area contributed by atoms with Gasteiger partial charge in [0.1, 0.15) is 18.6 Å². The maximum atomic E-state index is 14.1. The molecular formula is C45H32Cl3NO10S. The molecule has 0 bridgehead atoms. The minimum Gasteiger partial charge on any atom is -0.459 e. The number of benzene rings is 7. The summed E-state index contributed by atoms with van der Waals surface area (Å²) in [5.74, 6) is -2.78. The van der Waals surface area contributed by atoms with Gasteiger partial charge in [-0.25, -0.2) is 14.4 Å². The van der Waals surface area contributed by atoms with E-state index in [0.29, 0.717) is 5.39 Å². The van der Waals surface area contributed by atoms with E-state index in [1.165, 1.54) is 25.3 Å².